The fourth-order valence-electron chi connectivity index (χ4n) is 4.24. The van der Waals surface area contributed by atoms with Crippen LogP contribution in [0.1, 0.15) is 17.5 Å². The zero-order chi connectivity index (χ0) is 24.0. The van der Waals surface area contributed by atoms with E-state index in [0.717, 1.165) is 65.4 Å². The highest BCUT2D eigenvalue weighted by molar-refractivity contribution is 6.31. The molecular weight excluding hydrogens is 479 g/mol. The number of amidine groups is 1. The summed E-state index contributed by atoms with van der Waals surface area (Å²) >= 11 is 12.1. The van der Waals surface area contributed by atoms with E-state index in [0.29, 0.717) is 0 Å². The summed E-state index contributed by atoms with van der Waals surface area (Å²) in [6.45, 7) is 2.35. The Morgan fingerprint density at radius 2 is 1.60 bits per heavy atom. The van der Waals surface area contributed by atoms with Crippen LogP contribution in [0.5, 0.6) is 5.75 Å². The molecule has 5 rings (SSSR count). The van der Waals surface area contributed by atoms with Gasteiger partial charge < -0.3 is 14.2 Å². The van der Waals surface area contributed by atoms with Gasteiger partial charge in [-0.05, 0) is 79.1 Å². The van der Waals surface area contributed by atoms with E-state index in [-0.39, 0.29) is 6.10 Å². The summed E-state index contributed by atoms with van der Waals surface area (Å²) in [6.07, 6.45) is 7.37. The normalized spacial score (nSPS) is 14.1. The molecule has 0 spiro atoms. The monoisotopic (exact) mass is 504 g/mol. The molecule has 0 amide bonds. The molecule has 0 radical (unpaired) electrons. The zero-order valence-electron chi connectivity index (χ0n) is 19.2. The number of rotatable bonds is 9. The first kappa shape index (κ1) is 23.5. The Bertz CT molecular complexity index is 1250. The molecule has 1 aliphatic rings. The number of anilines is 1. The van der Waals surface area contributed by atoms with Gasteiger partial charge in [-0.3, -0.25) is 4.99 Å². The van der Waals surface area contributed by atoms with E-state index in [1.807, 2.05) is 61.1 Å². The van der Waals surface area contributed by atoms with Gasteiger partial charge in [-0.2, -0.15) is 0 Å². The molecule has 4 aromatic rings. The average molecular weight is 505 g/mol. The van der Waals surface area contributed by atoms with Crippen molar-refractivity contribution >= 4 is 34.7 Å². The molecule has 0 N–H and O–H groups in total. The Kier molecular flexibility index (Phi) is 7.36. The summed E-state index contributed by atoms with van der Waals surface area (Å²) in [5.41, 5.74) is 3.40. The van der Waals surface area contributed by atoms with E-state index in [1.165, 1.54) is 5.56 Å². The first-order valence-corrected chi connectivity index (χ1v) is 12.4. The maximum atomic E-state index is 6.44. The molecule has 5 nitrogen and oxygen atoms in total. The molecule has 0 fully saturated rings. The Labute approximate surface area is 215 Å². The van der Waals surface area contributed by atoms with E-state index >= 15 is 0 Å². The minimum absolute atomic E-state index is 0.00343. The second-order valence-electron chi connectivity index (χ2n) is 8.52. The van der Waals surface area contributed by atoms with E-state index in [1.54, 1.807) is 6.20 Å². The molecule has 1 atom stereocenters. The molecule has 35 heavy (non-hydrogen) atoms. The van der Waals surface area contributed by atoms with Crippen molar-refractivity contribution < 1.29 is 4.74 Å². The van der Waals surface area contributed by atoms with Crippen LogP contribution in [0.2, 0.25) is 10.0 Å². The summed E-state index contributed by atoms with van der Waals surface area (Å²) in [7, 11) is 0. The van der Waals surface area contributed by atoms with Gasteiger partial charge in [-0.15, -0.1) is 0 Å². The van der Waals surface area contributed by atoms with Gasteiger partial charge >= 0.3 is 0 Å². The van der Waals surface area contributed by atoms with Gasteiger partial charge in [0.15, 0.2) is 0 Å². The van der Waals surface area contributed by atoms with Crippen LogP contribution in [0.25, 0.3) is 0 Å². The lowest BCUT2D eigenvalue weighted by molar-refractivity contribution is 0.170. The average Bonchev–Trinajstić information content (AvgIpc) is 3.57. The fraction of sp³-hybridized carbons (Fsp3) is 0.214. The van der Waals surface area contributed by atoms with Gasteiger partial charge in [0.2, 0.25) is 0 Å². The number of benzene rings is 3. The second-order valence-corrected chi connectivity index (χ2v) is 9.40. The minimum Gasteiger partial charge on any atom is -0.489 e. The zero-order valence-corrected chi connectivity index (χ0v) is 20.7. The third-order valence-corrected chi connectivity index (χ3v) is 6.54. The molecule has 1 unspecified atom stereocenters. The number of hydrogen-bond acceptors (Lipinski definition) is 4. The standard InChI is InChI=1S/C28H26Cl2N4O/c29-23-6-1-21(2-7-23)3-12-27(19-33-17-15-31-20-33)35-26-13-10-25(11-14-26)34-18-16-32-28(34)22-4-8-24(30)9-5-22/h1-2,4-11,13-15,17,20,27H,3,12,16,18-19H2. The van der Waals surface area contributed by atoms with Crippen molar-refractivity contribution in [2.75, 3.05) is 18.0 Å². The number of hydrogen-bond donors (Lipinski definition) is 0. The first-order chi connectivity index (χ1) is 17.1. The third kappa shape index (κ3) is 6.05. The Morgan fingerprint density at radius 1 is 0.886 bits per heavy atom. The smallest absolute Gasteiger partial charge is 0.135 e. The van der Waals surface area contributed by atoms with Crippen molar-refractivity contribution in [3.8, 4) is 5.75 Å². The van der Waals surface area contributed by atoms with Crippen molar-refractivity contribution in [3.05, 3.63) is 113 Å². The summed E-state index contributed by atoms with van der Waals surface area (Å²) in [5.74, 6) is 1.82. The molecule has 178 valence electrons. The predicted molar refractivity (Wildman–Crippen MR) is 143 cm³/mol. The van der Waals surface area contributed by atoms with Crippen molar-refractivity contribution in [2.24, 2.45) is 4.99 Å². The van der Waals surface area contributed by atoms with Crippen molar-refractivity contribution in [2.45, 2.75) is 25.5 Å². The number of nitrogens with zero attached hydrogens (tertiary/aromatic N) is 4. The van der Waals surface area contributed by atoms with Crippen LogP contribution >= 0.6 is 23.2 Å². The number of imidazole rings is 1. The third-order valence-electron chi connectivity index (χ3n) is 6.04. The summed E-state index contributed by atoms with van der Waals surface area (Å²) in [5, 5.41) is 1.48. The highest BCUT2D eigenvalue weighted by Gasteiger charge is 2.20. The Morgan fingerprint density at radius 3 is 2.29 bits per heavy atom. The molecule has 3 aromatic carbocycles. The van der Waals surface area contributed by atoms with E-state index in [2.05, 4.69) is 38.7 Å². The van der Waals surface area contributed by atoms with Crippen molar-refractivity contribution in [1.29, 1.82) is 0 Å². The van der Waals surface area contributed by atoms with Gasteiger partial charge in [0.1, 0.15) is 17.7 Å². The molecular formula is C28H26Cl2N4O. The molecule has 0 saturated carbocycles. The van der Waals surface area contributed by atoms with Crippen LogP contribution in [0, 0.1) is 0 Å². The topological polar surface area (TPSA) is 42.6 Å². The maximum Gasteiger partial charge on any atom is 0.135 e. The molecule has 7 heteroatoms. The Balaban J connectivity index is 1.27. The van der Waals surface area contributed by atoms with Crippen LogP contribution < -0.4 is 9.64 Å². The van der Waals surface area contributed by atoms with Crippen molar-refractivity contribution in [3.63, 3.8) is 0 Å². The van der Waals surface area contributed by atoms with Crippen molar-refractivity contribution in [1.82, 2.24) is 9.55 Å². The number of halogens is 2. The summed E-state index contributed by atoms with van der Waals surface area (Å²) in [4.78, 5) is 11.1. The van der Waals surface area contributed by atoms with Crippen LogP contribution in [0.15, 0.2) is 96.5 Å². The predicted octanol–water partition coefficient (Wildman–Crippen LogP) is 6.54. The largest absolute Gasteiger partial charge is 0.489 e. The quantitative estimate of drug-likeness (QED) is 0.260. The van der Waals surface area contributed by atoms with Crippen LogP contribution in [0.3, 0.4) is 0 Å². The van der Waals surface area contributed by atoms with Gasteiger partial charge in [-0.25, -0.2) is 4.98 Å². The Hall–Kier alpha value is -3.28. The molecule has 1 aliphatic heterocycles. The molecule has 0 aliphatic carbocycles. The lowest BCUT2D eigenvalue weighted by Gasteiger charge is -2.23. The SMILES string of the molecule is Clc1ccc(CCC(Cn2ccnc2)Oc2ccc(N3CCN=C3c3ccc(Cl)cc3)cc2)cc1. The molecule has 0 saturated heterocycles. The van der Waals surface area contributed by atoms with Gasteiger partial charge in [0, 0.05) is 40.2 Å². The van der Waals surface area contributed by atoms with E-state index in [9.17, 15) is 0 Å². The number of aliphatic imine (C=N–C) groups is 1. The van der Waals surface area contributed by atoms with E-state index in [4.69, 9.17) is 32.9 Å². The fourth-order valence-corrected chi connectivity index (χ4v) is 4.49. The highest BCUT2D eigenvalue weighted by atomic mass is 35.5. The highest BCUT2D eigenvalue weighted by Crippen LogP contribution is 2.26. The number of ether oxygens (including phenoxy) is 1. The van der Waals surface area contributed by atoms with Gasteiger partial charge in [0.25, 0.3) is 0 Å². The lowest BCUT2D eigenvalue weighted by atomic mass is 10.1. The summed E-state index contributed by atoms with van der Waals surface area (Å²) in [6, 6.07) is 24.1. The number of aromatic nitrogens is 2. The summed E-state index contributed by atoms with van der Waals surface area (Å²) < 4.78 is 8.49. The molecule has 1 aromatic heterocycles. The van der Waals surface area contributed by atoms with Gasteiger partial charge in [-0.1, -0.05) is 35.3 Å². The second kappa shape index (κ2) is 11.0. The van der Waals surface area contributed by atoms with Crippen LogP contribution in [0.4, 0.5) is 5.69 Å². The first-order valence-electron chi connectivity index (χ1n) is 11.7. The molecule has 2 heterocycles. The van der Waals surface area contributed by atoms with Gasteiger partial charge in [0.05, 0.1) is 19.4 Å². The van der Waals surface area contributed by atoms with Crippen LogP contribution in [-0.2, 0) is 13.0 Å². The number of aryl methyl sites for hydroxylation is 1. The lowest BCUT2D eigenvalue weighted by Crippen LogP contribution is -2.28. The van der Waals surface area contributed by atoms with E-state index < -0.39 is 0 Å². The van der Waals surface area contributed by atoms with Crippen LogP contribution in [-0.4, -0.2) is 34.6 Å². The minimum atomic E-state index is 0.00343. The maximum absolute atomic E-state index is 6.44. The molecule has 0 bridgehead atoms.